The summed E-state index contributed by atoms with van der Waals surface area (Å²) in [7, 11) is 3.19. The van der Waals surface area contributed by atoms with Crippen molar-refractivity contribution < 1.29 is 13.9 Å². The van der Waals surface area contributed by atoms with Gasteiger partial charge in [0, 0.05) is 17.2 Å². The molecule has 0 N–H and O–H groups in total. The number of ether oxygens (including phenoxy) is 2. The van der Waals surface area contributed by atoms with Crippen LogP contribution in [0.3, 0.4) is 0 Å². The van der Waals surface area contributed by atoms with Crippen molar-refractivity contribution in [3.8, 4) is 11.5 Å². The van der Waals surface area contributed by atoms with E-state index < -0.39 is 0 Å². The summed E-state index contributed by atoms with van der Waals surface area (Å²) in [6.07, 6.45) is 0. The second kappa shape index (κ2) is 6.27. The molecule has 1 unspecified atom stereocenters. The van der Waals surface area contributed by atoms with Crippen LogP contribution in [0, 0.1) is 12.7 Å². The first-order chi connectivity index (χ1) is 9.58. The van der Waals surface area contributed by atoms with Gasteiger partial charge in [-0.25, -0.2) is 4.39 Å². The third kappa shape index (κ3) is 2.80. The van der Waals surface area contributed by atoms with E-state index in [4.69, 9.17) is 9.47 Å². The zero-order valence-corrected chi connectivity index (χ0v) is 13.2. The molecule has 0 aliphatic rings. The Kier molecular flexibility index (Phi) is 4.65. The molecule has 0 aromatic heterocycles. The fraction of sp³-hybridized carbons (Fsp3) is 0.250. The number of aryl methyl sites for hydroxylation is 1. The predicted octanol–water partition coefficient (Wildman–Crippen LogP) is 4.64. The summed E-state index contributed by atoms with van der Waals surface area (Å²) in [4.78, 5) is -0.275. The lowest BCUT2D eigenvalue weighted by molar-refractivity contribution is 0.391. The standard InChI is InChI=1S/C16H16BrFO2/c1-10-5-4-6-13(16(10)18)15(17)12-8-7-11(19-2)9-14(12)20-3/h4-9,15H,1-3H3. The average Bonchev–Trinajstić information content (AvgIpc) is 2.48. The third-order valence-electron chi connectivity index (χ3n) is 3.21. The van der Waals surface area contributed by atoms with Crippen LogP contribution in [0.5, 0.6) is 11.5 Å². The van der Waals surface area contributed by atoms with Crippen molar-refractivity contribution in [2.24, 2.45) is 0 Å². The van der Waals surface area contributed by atoms with Gasteiger partial charge in [0.2, 0.25) is 0 Å². The fourth-order valence-corrected chi connectivity index (χ4v) is 2.79. The summed E-state index contributed by atoms with van der Waals surface area (Å²) < 4.78 is 24.8. The van der Waals surface area contributed by atoms with E-state index in [9.17, 15) is 4.39 Å². The Morgan fingerprint density at radius 1 is 1.05 bits per heavy atom. The minimum absolute atomic E-state index is 0.202. The van der Waals surface area contributed by atoms with Gasteiger partial charge in [-0.1, -0.05) is 40.2 Å². The van der Waals surface area contributed by atoms with Gasteiger partial charge in [-0.15, -0.1) is 0 Å². The van der Waals surface area contributed by atoms with E-state index in [1.54, 1.807) is 39.3 Å². The van der Waals surface area contributed by atoms with Gasteiger partial charge in [0.1, 0.15) is 17.3 Å². The fourth-order valence-electron chi connectivity index (χ4n) is 2.06. The molecule has 0 fully saturated rings. The van der Waals surface area contributed by atoms with Gasteiger partial charge in [0.25, 0.3) is 0 Å². The van der Waals surface area contributed by atoms with E-state index in [1.165, 1.54) is 0 Å². The maximum atomic E-state index is 14.2. The molecule has 2 aromatic carbocycles. The van der Waals surface area contributed by atoms with E-state index in [1.807, 2.05) is 18.2 Å². The maximum Gasteiger partial charge on any atom is 0.130 e. The zero-order valence-electron chi connectivity index (χ0n) is 11.6. The van der Waals surface area contributed by atoms with Gasteiger partial charge < -0.3 is 9.47 Å². The van der Waals surface area contributed by atoms with Crippen LogP contribution in [0.2, 0.25) is 0 Å². The molecule has 0 radical (unpaired) electrons. The second-order valence-electron chi connectivity index (χ2n) is 4.45. The van der Waals surface area contributed by atoms with Gasteiger partial charge in [-0.05, 0) is 18.6 Å². The van der Waals surface area contributed by atoms with E-state index in [-0.39, 0.29) is 10.6 Å². The first kappa shape index (κ1) is 14.9. The van der Waals surface area contributed by atoms with Gasteiger partial charge in [0.05, 0.1) is 19.0 Å². The Labute approximate surface area is 126 Å². The van der Waals surface area contributed by atoms with Crippen molar-refractivity contribution in [1.29, 1.82) is 0 Å². The van der Waals surface area contributed by atoms with Crippen LogP contribution >= 0.6 is 15.9 Å². The highest BCUT2D eigenvalue weighted by molar-refractivity contribution is 9.09. The van der Waals surface area contributed by atoms with Crippen molar-refractivity contribution in [3.05, 3.63) is 58.9 Å². The topological polar surface area (TPSA) is 18.5 Å². The Balaban J connectivity index is 2.47. The first-order valence-corrected chi connectivity index (χ1v) is 7.11. The molecule has 4 heteroatoms. The lowest BCUT2D eigenvalue weighted by Crippen LogP contribution is -2.01. The summed E-state index contributed by atoms with van der Waals surface area (Å²) in [5.41, 5.74) is 2.07. The summed E-state index contributed by atoms with van der Waals surface area (Å²) in [6, 6.07) is 10.9. The summed E-state index contributed by atoms with van der Waals surface area (Å²) in [5, 5.41) is 0. The monoisotopic (exact) mass is 338 g/mol. The summed E-state index contributed by atoms with van der Waals surface area (Å²) in [6.45, 7) is 1.75. The maximum absolute atomic E-state index is 14.2. The molecule has 2 rings (SSSR count). The molecular formula is C16H16BrFO2. The van der Waals surface area contributed by atoms with Crippen LogP contribution in [0.1, 0.15) is 21.5 Å². The highest BCUT2D eigenvalue weighted by Gasteiger charge is 2.19. The normalized spacial score (nSPS) is 12.1. The third-order valence-corrected chi connectivity index (χ3v) is 4.19. The van der Waals surface area contributed by atoms with Crippen LogP contribution in [0.4, 0.5) is 4.39 Å². The first-order valence-electron chi connectivity index (χ1n) is 6.19. The Hall–Kier alpha value is -1.55. The lowest BCUT2D eigenvalue weighted by atomic mass is 10.0. The lowest BCUT2D eigenvalue weighted by Gasteiger charge is -2.17. The van der Waals surface area contributed by atoms with Crippen LogP contribution in [0.25, 0.3) is 0 Å². The second-order valence-corrected chi connectivity index (χ2v) is 5.36. The van der Waals surface area contributed by atoms with E-state index in [2.05, 4.69) is 15.9 Å². The number of rotatable bonds is 4. The molecule has 0 amide bonds. The van der Waals surface area contributed by atoms with Crippen molar-refractivity contribution >= 4 is 15.9 Å². The van der Waals surface area contributed by atoms with Gasteiger partial charge in [-0.2, -0.15) is 0 Å². The molecule has 2 nitrogen and oxygen atoms in total. The molecule has 20 heavy (non-hydrogen) atoms. The van der Waals surface area contributed by atoms with E-state index >= 15 is 0 Å². The smallest absolute Gasteiger partial charge is 0.130 e. The SMILES string of the molecule is COc1ccc(C(Br)c2cccc(C)c2F)c(OC)c1. The largest absolute Gasteiger partial charge is 0.497 e. The quantitative estimate of drug-likeness (QED) is 0.756. The van der Waals surface area contributed by atoms with Crippen LogP contribution in [-0.2, 0) is 0 Å². The number of hydrogen-bond donors (Lipinski definition) is 0. The Morgan fingerprint density at radius 2 is 1.80 bits per heavy atom. The van der Waals surface area contributed by atoms with Gasteiger partial charge in [0.15, 0.2) is 0 Å². The van der Waals surface area contributed by atoms with Gasteiger partial charge >= 0.3 is 0 Å². The predicted molar refractivity (Wildman–Crippen MR) is 81.5 cm³/mol. The molecule has 1 atom stereocenters. The van der Waals surface area contributed by atoms with Crippen LogP contribution < -0.4 is 9.47 Å². The molecule has 0 saturated carbocycles. The van der Waals surface area contributed by atoms with Crippen molar-refractivity contribution in [2.45, 2.75) is 11.8 Å². The van der Waals surface area contributed by atoms with Crippen molar-refractivity contribution in [2.75, 3.05) is 14.2 Å². The van der Waals surface area contributed by atoms with Gasteiger partial charge in [-0.3, -0.25) is 0 Å². The molecule has 0 saturated heterocycles. The number of alkyl halides is 1. The number of hydrogen-bond acceptors (Lipinski definition) is 2. The minimum Gasteiger partial charge on any atom is -0.497 e. The van der Waals surface area contributed by atoms with Crippen LogP contribution in [-0.4, -0.2) is 14.2 Å². The highest BCUT2D eigenvalue weighted by atomic mass is 79.9. The molecule has 0 heterocycles. The van der Waals surface area contributed by atoms with Crippen molar-refractivity contribution in [3.63, 3.8) is 0 Å². The molecule has 0 aliphatic heterocycles. The number of methoxy groups -OCH3 is 2. The summed E-state index contributed by atoms with van der Waals surface area (Å²) >= 11 is 3.56. The average molecular weight is 339 g/mol. The zero-order chi connectivity index (χ0) is 14.7. The minimum atomic E-state index is -0.275. The Bertz CT molecular complexity index is 613. The van der Waals surface area contributed by atoms with E-state index in [0.717, 1.165) is 5.56 Å². The number of halogens is 2. The Morgan fingerprint density at radius 3 is 2.45 bits per heavy atom. The van der Waals surface area contributed by atoms with Crippen molar-refractivity contribution in [1.82, 2.24) is 0 Å². The van der Waals surface area contributed by atoms with E-state index in [0.29, 0.717) is 22.6 Å². The van der Waals surface area contributed by atoms with Crippen LogP contribution in [0.15, 0.2) is 36.4 Å². The molecule has 0 aliphatic carbocycles. The molecule has 0 spiro atoms. The molecular weight excluding hydrogens is 323 g/mol. The molecule has 106 valence electrons. The summed E-state index contributed by atoms with van der Waals surface area (Å²) in [5.74, 6) is 1.16. The molecule has 2 aromatic rings. The molecule has 0 bridgehead atoms. The number of benzene rings is 2. The highest BCUT2D eigenvalue weighted by Crippen LogP contribution is 2.39.